The van der Waals surface area contributed by atoms with E-state index in [0.717, 1.165) is 34.1 Å². The van der Waals surface area contributed by atoms with Gasteiger partial charge in [0.15, 0.2) is 5.84 Å². The zero-order valence-corrected chi connectivity index (χ0v) is 19.0. The maximum atomic E-state index is 12.9. The van der Waals surface area contributed by atoms with E-state index >= 15 is 0 Å². The van der Waals surface area contributed by atoms with Crippen LogP contribution in [0.15, 0.2) is 62.5 Å². The van der Waals surface area contributed by atoms with Crippen LogP contribution in [0.25, 0.3) is 17.4 Å². The van der Waals surface area contributed by atoms with Crippen molar-refractivity contribution in [3.63, 3.8) is 0 Å². The van der Waals surface area contributed by atoms with E-state index in [2.05, 4.69) is 4.99 Å². The lowest BCUT2D eigenvalue weighted by atomic mass is 9.50. The molecule has 0 saturated heterocycles. The molecule has 8 rings (SSSR count). The standard InChI is InChI=1S/C26H24N4O2S/c27-22-20(11-19-6-7-21(32-19)18-4-2-1-3-5-18)23(31)28-25-30(22)29-24(33-25)26-12-15-8-16(13-26)10-17(9-15)14-26/h1-7,11,15-17,27H,8-10,12-14H2/b20-11+,27-22?. The minimum absolute atomic E-state index is 0.0786. The molecule has 4 bridgehead atoms. The highest BCUT2D eigenvalue weighted by molar-refractivity contribution is 8.27. The van der Waals surface area contributed by atoms with Crippen LogP contribution in [0.3, 0.4) is 0 Å². The summed E-state index contributed by atoms with van der Waals surface area (Å²) in [6.45, 7) is 0. The number of fused-ring (bicyclic) bond motifs is 1. The van der Waals surface area contributed by atoms with Gasteiger partial charge in [0.25, 0.3) is 5.91 Å². The van der Waals surface area contributed by atoms with Gasteiger partial charge >= 0.3 is 0 Å². The lowest BCUT2D eigenvalue weighted by Gasteiger charge is -2.56. The predicted octanol–water partition coefficient (Wildman–Crippen LogP) is 5.78. The maximum absolute atomic E-state index is 12.9. The van der Waals surface area contributed by atoms with E-state index in [1.807, 2.05) is 42.5 Å². The number of hydrogen-bond acceptors (Lipinski definition) is 5. The van der Waals surface area contributed by atoms with Crippen LogP contribution in [0.4, 0.5) is 0 Å². The molecule has 0 radical (unpaired) electrons. The largest absolute Gasteiger partial charge is 0.457 e. The second-order valence-electron chi connectivity index (χ2n) is 10.2. The van der Waals surface area contributed by atoms with E-state index in [9.17, 15) is 4.79 Å². The molecule has 6 aliphatic rings. The third-order valence-electron chi connectivity index (χ3n) is 7.92. The Morgan fingerprint density at radius 1 is 1.03 bits per heavy atom. The van der Waals surface area contributed by atoms with Crippen molar-refractivity contribution in [1.29, 1.82) is 5.41 Å². The molecular weight excluding hydrogens is 432 g/mol. The highest BCUT2D eigenvalue weighted by atomic mass is 32.2. The number of hydrogen-bond donors (Lipinski definition) is 1. The quantitative estimate of drug-likeness (QED) is 0.593. The zero-order chi connectivity index (χ0) is 22.2. The summed E-state index contributed by atoms with van der Waals surface area (Å²) in [5.41, 5.74) is 1.30. The van der Waals surface area contributed by atoms with Crippen LogP contribution in [0.2, 0.25) is 0 Å². The summed E-state index contributed by atoms with van der Waals surface area (Å²) in [6, 6.07) is 13.5. The molecule has 1 amide bonds. The molecule has 2 aliphatic heterocycles. The number of carbonyl (C=O) groups excluding carboxylic acids is 1. The first-order valence-corrected chi connectivity index (χ1v) is 12.5. The molecule has 0 atom stereocenters. The number of rotatable bonds is 3. The third kappa shape index (κ3) is 3.09. The van der Waals surface area contributed by atoms with Crippen LogP contribution < -0.4 is 0 Å². The average Bonchev–Trinajstić information content (AvgIpc) is 3.44. The Bertz CT molecular complexity index is 1240. The molecule has 2 aromatic rings. The fourth-order valence-corrected chi connectivity index (χ4v) is 8.02. The highest BCUT2D eigenvalue weighted by Gasteiger charge is 2.55. The van der Waals surface area contributed by atoms with Gasteiger partial charge in [0, 0.05) is 11.0 Å². The number of aliphatic imine (C=N–C) groups is 1. The van der Waals surface area contributed by atoms with Gasteiger partial charge in [-0.25, -0.2) is 0 Å². The smallest absolute Gasteiger partial charge is 0.283 e. The monoisotopic (exact) mass is 456 g/mol. The van der Waals surface area contributed by atoms with Crippen LogP contribution in [-0.4, -0.2) is 27.0 Å². The van der Waals surface area contributed by atoms with E-state index in [4.69, 9.17) is 14.9 Å². The molecule has 0 spiro atoms. The number of hydrazone groups is 1. The summed E-state index contributed by atoms with van der Waals surface area (Å²) in [5.74, 6) is 3.36. The lowest BCUT2D eigenvalue weighted by molar-refractivity contribution is -0.114. The fraction of sp³-hybridized carbons (Fsp3) is 0.385. The van der Waals surface area contributed by atoms with Gasteiger partial charge in [-0.1, -0.05) is 30.3 Å². The van der Waals surface area contributed by atoms with E-state index in [0.29, 0.717) is 10.9 Å². The summed E-state index contributed by atoms with van der Waals surface area (Å²) in [6.07, 6.45) is 9.32. The third-order valence-corrected chi connectivity index (χ3v) is 9.07. The van der Waals surface area contributed by atoms with Crippen molar-refractivity contribution in [2.75, 3.05) is 0 Å². The first kappa shape index (κ1) is 19.5. The van der Waals surface area contributed by atoms with Crippen molar-refractivity contribution in [2.24, 2.45) is 33.3 Å². The Kier molecular flexibility index (Phi) is 4.16. The van der Waals surface area contributed by atoms with Crippen LogP contribution in [0.1, 0.15) is 44.3 Å². The normalized spacial score (nSPS) is 33.5. The Morgan fingerprint density at radius 2 is 1.73 bits per heavy atom. The Labute approximate surface area is 196 Å². The van der Waals surface area contributed by atoms with E-state index in [1.165, 1.54) is 50.3 Å². The van der Waals surface area contributed by atoms with Gasteiger partial charge in [0.2, 0.25) is 5.17 Å². The molecule has 7 heteroatoms. The number of amides is 1. The second-order valence-corrected chi connectivity index (χ2v) is 11.1. The molecule has 4 aliphatic carbocycles. The highest BCUT2D eigenvalue weighted by Crippen LogP contribution is 2.62. The fourth-order valence-electron chi connectivity index (χ4n) is 6.91. The molecule has 6 nitrogen and oxygen atoms in total. The Balaban J connectivity index is 1.19. The van der Waals surface area contributed by atoms with Crippen molar-refractivity contribution in [2.45, 2.75) is 38.5 Å². The molecule has 1 aromatic carbocycles. The SMILES string of the molecule is N=C1/C(=C\c2ccc(-c3ccccc3)o2)C(=O)N=C2SC(C34CC5CC(CC(C5)C3)C4)=NN12. The molecule has 4 saturated carbocycles. The summed E-state index contributed by atoms with van der Waals surface area (Å²) >= 11 is 1.51. The first-order valence-electron chi connectivity index (χ1n) is 11.7. The van der Waals surface area contributed by atoms with Gasteiger partial charge in [-0.2, -0.15) is 15.1 Å². The molecule has 33 heavy (non-hydrogen) atoms. The van der Waals surface area contributed by atoms with Gasteiger partial charge in [-0.05, 0) is 86.2 Å². The number of carbonyl (C=O) groups is 1. The molecule has 1 N–H and O–H groups in total. The van der Waals surface area contributed by atoms with Gasteiger partial charge in [-0.3, -0.25) is 10.2 Å². The zero-order valence-electron chi connectivity index (χ0n) is 18.2. The summed E-state index contributed by atoms with van der Waals surface area (Å²) in [5, 5.41) is 16.8. The molecule has 0 unspecified atom stereocenters. The first-order chi connectivity index (χ1) is 16.1. The predicted molar refractivity (Wildman–Crippen MR) is 130 cm³/mol. The van der Waals surface area contributed by atoms with Crippen molar-refractivity contribution in [3.8, 4) is 11.3 Å². The maximum Gasteiger partial charge on any atom is 0.283 e. The van der Waals surface area contributed by atoms with Crippen molar-refractivity contribution >= 4 is 39.8 Å². The van der Waals surface area contributed by atoms with Crippen LogP contribution in [-0.2, 0) is 4.79 Å². The second kappa shape index (κ2) is 7.03. The Hall–Kier alpha value is -2.93. The molecule has 4 fully saturated rings. The van der Waals surface area contributed by atoms with Crippen LogP contribution in [0, 0.1) is 28.6 Å². The molecule has 166 valence electrons. The number of nitrogens with one attached hydrogen (secondary N) is 1. The Morgan fingerprint density at radius 3 is 2.42 bits per heavy atom. The van der Waals surface area contributed by atoms with Gasteiger partial charge < -0.3 is 4.42 Å². The number of amidine groups is 2. The van der Waals surface area contributed by atoms with Crippen molar-refractivity contribution in [3.05, 3.63) is 53.8 Å². The summed E-state index contributed by atoms with van der Waals surface area (Å²) < 4.78 is 5.93. The number of thioether (sulfide) groups is 1. The molecular formula is C26H24N4O2S. The molecule has 1 aromatic heterocycles. The lowest BCUT2D eigenvalue weighted by Crippen LogP contribution is -2.49. The van der Waals surface area contributed by atoms with Crippen LogP contribution in [0.5, 0.6) is 0 Å². The van der Waals surface area contributed by atoms with E-state index in [-0.39, 0.29) is 16.8 Å². The van der Waals surface area contributed by atoms with Gasteiger partial charge in [-0.15, -0.1) is 0 Å². The molecule has 3 heterocycles. The summed E-state index contributed by atoms with van der Waals surface area (Å²) in [4.78, 5) is 17.2. The number of nitrogens with zero attached hydrogens (tertiary/aromatic N) is 3. The minimum atomic E-state index is -0.404. The van der Waals surface area contributed by atoms with Gasteiger partial charge in [0.1, 0.15) is 16.6 Å². The topological polar surface area (TPSA) is 82.0 Å². The van der Waals surface area contributed by atoms with Crippen molar-refractivity contribution in [1.82, 2.24) is 5.01 Å². The van der Waals surface area contributed by atoms with Crippen molar-refractivity contribution < 1.29 is 9.21 Å². The number of benzene rings is 1. The summed E-state index contributed by atoms with van der Waals surface area (Å²) in [7, 11) is 0. The minimum Gasteiger partial charge on any atom is -0.457 e. The van der Waals surface area contributed by atoms with Crippen LogP contribution >= 0.6 is 11.8 Å². The number of furan rings is 1. The van der Waals surface area contributed by atoms with Gasteiger partial charge in [0.05, 0.1) is 5.57 Å². The van der Waals surface area contributed by atoms with E-state index < -0.39 is 5.91 Å². The average molecular weight is 457 g/mol. The van der Waals surface area contributed by atoms with E-state index in [1.54, 1.807) is 11.1 Å².